The molecule has 0 aliphatic heterocycles. The highest BCUT2D eigenvalue weighted by Crippen LogP contribution is 2.46. The largest absolute Gasteiger partial charge is 0.308 e. The summed E-state index contributed by atoms with van der Waals surface area (Å²) in [7, 11) is 0. The van der Waals surface area contributed by atoms with Crippen molar-refractivity contribution in [2.24, 2.45) is 0 Å². The smallest absolute Gasteiger partial charge is 0.211 e. The van der Waals surface area contributed by atoms with E-state index in [0.29, 0.717) is 5.82 Å². The second-order valence-electron chi connectivity index (χ2n) is 21.0. The van der Waals surface area contributed by atoms with E-state index in [2.05, 4.69) is 262 Å². The van der Waals surface area contributed by atoms with Crippen LogP contribution in [0.15, 0.2) is 274 Å². The van der Waals surface area contributed by atoms with Crippen LogP contribution in [0.4, 0.5) is 0 Å². The topological polar surface area (TPSA) is 52.4 Å². The third-order valence-corrected chi connectivity index (χ3v) is 18.7. The van der Waals surface area contributed by atoms with Crippen LogP contribution >= 0.6 is 22.7 Å². The van der Waals surface area contributed by atoms with Gasteiger partial charge in [0.1, 0.15) is 0 Å². The van der Waals surface area contributed by atoms with E-state index in [4.69, 9.17) is 9.97 Å². The molecule has 0 N–H and O–H groups in total. The molecule has 8 heteroatoms. The number of rotatable bonds is 8. The Balaban J connectivity index is 0.819. The van der Waals surface area contributed by atoms with Gasteiger partial charge in [-0.15, -0.1) is 22.7 Å². The molecule has 382 valence electrons. The predicted molar refractivity (Wildman–Crippen MR) is 343 cm³/mol. The summed E-state index contributed by atoms with van der Waals surface area (Å²) in [5.41, 5.74) is 17.2. The van der Waals surface area contributed by atoms with E-state index < -0.39 is 0 Å². The molecule has 0 fully saturated rings. The van der Waals surface area contributed by atoms with Crippen molar-refractivity contribution in [3.05, 3.63) is 274 Å². The Morgan fingerprint density at radius 2 is 0.890 bits per heavy atom. The van der Waals surface area contributed by atoms with E-state index in [0.717, 1.165) is 72.9 Å². The lowest BCUT2D eigenvalue weighted by atomic mass is 9.99. The summed E-state index contributed by atoms with van der Waals surface area (Å²) in [5, 5.41) is 9.98. The number of nitrogens with zero attached hydrogens (tertiary/aromatic N) is 6. The predicted octanol–water partition coefficient (Wildman–Crippen LogP) is 19.4. The van der Waals surface area contributed by atoms with E-state index >= 15 is 0 Å². The zero-order chi connectivity index (χ0) is 53.8. The molecule has 0 aliphatic carbocycles. The number of thiophene rings is 2. The van der Waals surface area contributed by atoms with Crippen LogP contribution in [0.2, 0.25) is 0 Å². The van der Waals surface area contributed by atoms with Crippen LogP contribution in [0, 0.1) is 0 Å². The maximum Gasteiger partial charge on any atom is 0.211 e. The first kappa shape index (κ1) is 46.5. The number of para-hydroxylation sites is 1. The molecule has 17 rings (SSSR count). The number of pyridine rings is 2. The number of fused-ring (bicyclic) bond motifs is 14. The molecular weight excluding hydrogens is 1040 g/mol. The average Bonchev–Trinajstić information content (AvgIpc) is 4.50. The monoisotopic (exact) mass is 1080 g/mol. The third-order valence-electron chi connectivity index (χ3n) is 16.3. The number of benzene rings is 10. The Labute approximate surface area is 479 Å². The third kappa shape index (κ3) is 7.46. The van der Waals surface area contributed by atoms with Crippen LogP contribution in [0.5, 0.6) is 0 Å². The zero-order valence-electron chi connectivity index (χ0n) is 44.0. The minimum atomic E-state index is 0.685. The van der Waals surface area contributed by atoms with Crippen molar-refractivity contribution < 1.29 is 4.57 Å². The summed E-state index contributed by atoms with van der Waals surface area (Å²) in [6.45, 7) is 0. The lowest BCUT2D eigenvalue weighted by Crippen LogP contribution is -2.29. The first-order chi connectivity index (χ1) is 40.6. The molecule has 10 aromatic carbocycles. The minimum Gasteiger partial charge on any atom is -0.308 e. The maximum atomic E-state index is 5.17. The first-order valence-corrected chi connectivity index (χ1v) is 29.2. The minimum absolute atomic E-state index is 0.685. The van der Waals surface area contributed by atoms with Gasteiger partial charge in [0.2, 0.25) is 5.69 Å². The number of aromatic nitrogens is 6. The van der Waals surface area contributed by atoms with Gasteiger partial charge in [0, 0.05) is 122 Å². The second kappa shape index (κ2) is 18.6. The molecule has 0 aliphatic rings. The molecule has 7 aromatic heterocycles. The van der Waals surface area contributed by atoms with Crippen molar-refractivity contribution in [2.45, 2.75) is 0 Å². The molecule has 0 saturated carbocycles. The van der Waals surface area contributed by atoms with Crippen LogP contribution in [0.3, 0.4) is 0 Å². The van der Waals surface area contributed by atoms with Gasteiger partial charge in [-0.25, -0.2) is 9.97 Å². The Morgan fingerprint density at radius 1 is 0.341 bits per heavy atom. The highest BCUT2D eigenvalue weighted by atomic mass is 32.1. The van der Waals surface area contributed by atoms with Crippen molar-refractivity contribution in [3.8, 4) is 73.2 Å². The van der Waals surface area contributed by atoms with Crippen molar-refractivity contribution in [2.75, 3.05) is 0 Å². The molecule has 17 aromatic rings. The standard InChI is InChI=1S/C74H45N6S2/c1-3-15-46(16-4-1)64-43-65(47-17-5-2-6-18-47)77-74(76-64)48-27-29-53(30-28-48)79-67-36-31-54(42-63(67)60-33-35-62-58-23-9-12-26-69(58)82-73(62)71(60)79)78-38-14-20-50(45-78)52-39-51(49-19-13-37-75-44-49)40-55(41-52)80-66-24-10-7-21-56(66)59-32-34-61-57-22-8-11-25-68(57)81-72(61)70(59)80/h1-45H/q+1. The van der Waals surface area contributed by atoms with Crippen LogP contribution in [-0.4, -0.2) is 24.1 Å². The van der Waals surface area contributed by atoms with Crippen molar-refractivity contribution in [3.63, 3.8) is 0 Å². The fourth-order valence-electron chi connectivity index (χ4n) is 12.5. The first-order valence-electron chi connectivity index (χ1n) is 27.5. The van der Waals surface area contributed by atoms with Gasteiger partial charge in [0.05, 0.1) is 42.9 Å². The van der Waals surface area contributed by atoms with Crippen molar-refractivity contribution in [1.29, 1.82) is 0 Å². The van der Waals surface area contributed by atoms with Crippen LogP contribution in [0.25, 0.3) is 157 Å². The van der Waals surface area contributed by atoms with Gasteiger partial charge in [-0.3, -0.25) is 4.98 Å². The molecule has 0 amide bonds. The Kier molecular flexibility index (Phi) is 10.6. The van der Waals surface area contributed by atoms with Crippen LogP contribution < -0.4 is 4.57 Å². The summed E-state index contributed by atoms with van der Waals surface area (Å²) in [6, 6.07) is 89.8. The number of hydrogen-bond acceptors (Lipinski definition) is 5. The highest BCUT2D eigenvalue weighted by Gasteiger charge is 2.23. The summed E-state index contributed by atoms with van der Waals surface area (Å²) in [4.78, 5) is 14.9. The molecule has 0 bridgehead atoms. The average molecular weight is 1080 g/mol. The molecular formula is C74H45N6S2+. The fraction of sp³-hybridized carbons (Fsp3) is 0. The van der Waals surface area contributed by atoms with Crippen LogP contribution in [0.1, 0.15) is 0 Å². The molecule has 0 unspecified atom stereocenters. The Bertz CT molecular complexity index is 5330. The molecule has 0 saturated heterocycles. The summed E-state index contributed by atoms with van der Waals surface area (Å²) < 4.78 is 12.3. The summed E-state index contributed by atoms with van der Waals surface area (Å²) >= 11 is 3.74. The van der Waals surface area contributed by atoms with Gasteiger partial charge in [-0.05, 0) is 96.1 Å². The van der Waals surface area contributed by atoms with E-state index in [-0.39, 0.29) is 0 Å². The van der Waals surface area contributed by atoms with Crippen molar-refractivity contribution >= 4 is 107 Å². The van der Waals surface area contributed by atoms with Gasteiger partial charge >= 0.3 is 0 Å². The Morgan fingerprint density at radius 3 is 1.55 bits per heavy atom. The van der Waals surface area contributed by atoms with E-state index in [9.17, 15) is 0 Å². The molecule has 0 spiro atoms. The lowest BCUT2D eigenvalue weighted by molar-refractivity contribution is -0.595. The lowest BCUT2D eigenvalue weighted by Gasteiger charge is -2.14. The van der Waals surface area contributed by atoms with Gasteiger partial charge in [0.25, 0.3) is 0 Å². The summed E-state index contributed by atoms with van der Waals surface area (Å²) in [6.07, 6.45) is 8.27. The zero-order valence-corrected chi connectivity index (χ0v) is 45.6. The van der Waals surface area contributed by atoms with Gasteiger partial charge < -0.3 is 9.13 Å². The molecule has 6 nitrogen and oxygen atoms in total. The fourth-order valence-corrected chi connectivity index (χ4v) is 14.9. The van der Waals surface area contributed by atoms with E-state index in [1.807, 2.05) is 53.3 Å². The maximum absolute atomic E-state index is 5.17. The normalized spacial score (nSPS) is 11.9. The van der Waals surface area contributed by atoms with Gasteiger partial charge in [-0.1, -0.05) is 146 Å². The van der Waals surface area contributed by atoms with E-state index in [1.54, 1.807) is 0 Å². The summed E-state index contributed by atoms with van der Waals surface area (Å²) in [5.74, 6) is 0.685. The van der Waals surface area contributed by atoms with Gasteiger partial charge in [-0.2, -0.15) is 4.57 Å². The molecule has 7 heterocycles. The van der Waals surface area contributed by atoms with E-state index in [1.165, 1.54) is 78.4 Å². The SMILES string of the molecule is c1ccc(-c2cc(-c3ccccc3)nc(-c3ccc(-n4c5ccc(-[n+]6cccc(-c7cc(-c8cccnc8)cc(-n8c9ccccc9c9ccc%10c%11ccccc%11sc%10c98)c7)c6)cc5c5ccc6c7ccccc7sc6c54)cc3)n2)cc1. The van der Waals surface area contributed by atoms with Crippen molar-refractivity contribution in [1.82, 2.24) is 24.1 Å². The molecule has 0 atom stereocenters. The number of hydrogen-bond donors (Lipinski definition) is 0. The molecule has 82 heavy (non-hydrogen) atoms. The van der Waals surface area contributed by atoms with Gasteiger partial charge in [0.15, 0.2) is 18.2 Å². The molecule has 0 radical (unpaired) electrons. The quantitative estimate of drug-likeness (QED) is 0.143. The van der Waals surface area contributed by atoms with Crippen LogP contribution in [-0.2, 0) is 0 Å². The highest BCUT2D eigenvalue weighted by molar-refractivity contribution is 7.27. The second-order valence-corrected chi connectivity index (χ2v) is 23.1. The Hall–Kier alpha value is -10.4.